The Bertz CT molecular complexity index is 463. The van der Waals surface area contributed by atoms with E-state index < -0.39 is 0 Å². The van der Waals surface area contributed by atoms with Crippen LogP contribution in [0.4, 0.5) is 11.4 Å². The van der Waals surface area contributed by atoms with Crippen LogP contribution in [0.3, 0.4) is 0 Å². The molecule has 1 saturated heterocycles. The van der Waals surface area contributed by atoms with Crippen molar-refractivity contribution in [2.45, 2.75) is 38.6 Å². The number of hydrogen-bond acceptors (Lipinski definition) is 4. The maximum atomic E-state index is 4.65. The molecule has 4 heteroatoms. The van der Waals surface area contributed by atoms with E-state index in [4.69, 9.17) is 0 Å². The third kappa shape index (κ3) is 3.48. The maximum Gasteiger partial charge on any atom is 0.161 e. The Kier molecular flexibility index (Phi) is 4.51. The van der Waals surface area contributed by atoms with Gasteiger partial charge >= 0.3 is 0 Å². The van der Waals surface area contributed by atoms with Gasteiger partial charge in [-0.25, -0.2) is 0 Å². The zero-order valence-corrected chi connectivity index (χ0v) is 13.0. The lowest BCUT2D eigenvalue weighted by molar-refractivity contribution is 0.578. The standard InChI is InChI=1S/C16H23N3S/c1-13-9-12-20-16(17-13)18-14-5-7-15(8-6-14)19-10-3-2-4-11-19/h5-8,13H,2-4,9-12H2,1H3,(H,17,18). The number of benzene rings is 1. The molecule has 1 fully saturated rings. The van der Waals surface area contributed by atoms with E-state index in [1.165, 1.54) is 50.2 Å². The Morgan fingerprint density at radius 1 is 1.15 bits per heavy atom. The van der Waals surface area contributed by atoms with Crippen molar-refractivity contribution in [3.63, 3.8) is 0 Å². The summed E-state index contributed by atoms with van der Waals surface area (Å²) in [5.41, 5.74) is 2.49. The summed E-state index contributed by atoms with van der Waals surface area (Å²) < 4.78 is 0. The fourth-order valence-electron chi connectivity index (χ4n) is 2.73. The van der Waals surface area contributed by atoms with E-state index in [2.05, 4.69) is 46.4 Å². The number of piperidine rings is 1. The molecule has 0 bridgehead atoms. The Hall–Kier alpha value is -1.16. The number of thioether (sulfide) groups is 1. The van der Waals surface area contributed by atoms with Gasteiger partial charge in [-0.05, 0) is 56.9 Å². The zero-order valence-electron chi connectivity index (χ0n) is 12.1. The van der Waals surface area contributed by atoms with Crippen LogP contribution in [0, 0.1) is 0 Å². The lowest BCUT2D eigenvalue weighted by Crippen LogP contribution is -2.29. The topological polar surface area (TPSA) is 27.6 Å². The molecule has 0 saturated carbocycles. The van der Waals surface area contributed by atoms with Crippen molar-refractivity contribution in [3.05, 3.63) is 24.3 Å². The monoisotopic (exact) mass is 289 g/mol. The second kappa shape index (κ2) is 6.53. The van der Waals surface area contributed by atoms with Crippen LogP contribution in [0.15, 0.2) is 29.3 Å². The smallest absolute Gasteiger partial charge is 0.161 e. The van der Waals surface area contributed by atoms with Gasteiger partial charge in [0.05, 0.1) is 6.04 Å². The van der Waals surface area contributed by atoms with E-state index in [1.54, 1.807) is 0 Å². The van der Waals surface area contributed by atoms with Crippen molar-refractivity contribution in [2.24, 2.45) is 4.99 Å². The van der Waals surface area contributed by atoms with E-state index in [0.29, 0.717) is 6.04 Å². The Morgan fingerprint density at radius 3 is 2.60 bits per heavy atom. The number of aliphatic imine (C=N–C) groups is 1. The van der Waals surface area contributed by atoms with Crippen molar-refractivity contribution in [1.82, 2.24) is 0 Å². The van der Waals surface area contributed by atoms with Gasteiger partial charge in [0.1, 0.15) is 0 Å². The van der Waals surface area contributed by atoms with Crippen LogP contribution in [0.25, 0.3) is 0 Å². The molecule has 0 amide bonds. The second-order valence-corrected chi connectivity index (χ2v) is 6.72. The lowest BCUT2D eigenvalue weighted by Gasteiger charge is -2.29. The molecule has 108 valence electrons. The molecule has 2 aliphatic heterocycles. The molecule has 1 N–H and O–H groups in total. The predicted octanol–water partition coefficient (Wildman–Crippen LogP) is 3.97. The Morgan fingerprint density at radius 2 is 1.90 bits per heavy atom. The van der Waals surface area contributed by atoms with Crippen LogP contribution in [-0.4, -0.2) is 30.1 Å². The highest BCUT2D eigenvalue weighted by molar-refractivity contribution is 8.14. The molecule has 0 radical (unpaired) electrons. The minimum Gasteiger partial charge on any atom is -0.372 e. The van der Waals surface area contributed by atoms with Gasteiger partial charge in [0.15, 0.2) is 5.17 Å². The van der Waals surface area contributed by atoms with E-state index in [1.807, 2.05) is 11.8 Å². The summed E-state index contributed by atoms with van der Waals surface area (Å²) >= 11 is 1.82. The molecular formula is C16H23N3S. The fraction of sp³-hybridized carbons (Fsp3) is 0.562. The van der Waals surface area contributed by atoms with Gasteiger partial charge in [-0.15, -0.1) is 0 Å². The summed E-state index contributed by atoms with van der Waals surface area (Å²) in [6.45, 7) is 4.58. The minimum absolute atomic E-state index is 0.450. The first kappa shape index (κ1) is 13.8. The third-order valence-electron chi connectivity index (χ3n) is 3.95. The van der Waals surface area contributed by atoms with Gasteiger partial charge in [0.25, 0.3) is 0 Å². The molecule has 0 aliphatic carbocycles. The molecule has 1 unspecified atom stereocenters. The number of nitrogens with zero attached hydrogens (tertiary/aromatic N) is 2. The summed E-state index contributed by atoms with van der Waals surface area (Å²) in [6, 6.07) is 9.25. The van der Waals surface area contributed by atoms with Gasteiger partial charge < -0.3 is 10.2 Å². The molecule has 1 atom stereocenters. The Labute approximate surface area is 125 Å². The number of rotatable bonds is 2. The summed E-state index contributed by atoms with van der Waals surface area (Å²) in [6.07, 6.45) is 5.21. The highest BCUT2D eigenvalue weighted by atomic mass is 32.2. The van der Waals surface area contributed by atoms with Crippen LogP contribution >= 0.6 is 11.8 Å². The van der Waals surface area contributed by atoms with E-state index in [9.17, 15) is 0 Å². The van der Waals surface area contributed by atoms with Crippen LogP contribution in [0.2, 0.25) is 0 Å². The van der Waals surface area contributed by atoms with Gasteiger partial charge in [-0.2, -0.15) is 0 Å². The van der Waals surface area contributed by atoms with Gasteiger partial charge in [0, 0.05) is 30.2 Å². The van der Waals surface area contributed by atoms with Crippen LogP contribution < -0.4 is 10.2 Å². The summed E-state index contributed by atoms with van der Waals surface area (Å²) in [5.74, 6) is 1.17. The van der Waals surface area contributed by atoms with Crippen molar-refractivity contribution in [3.8, 4) is 0 Å². The maximum absolute atomic E-state index is 4.65. The molecule has 0 spiro atoms. The largest absolute Gasteiger partial charge is 0.372 e. The molecule has 2 aliphatic rings. The first-order chi connectivity index (χ1) is 9.81. The quantitative estimate of drug-likeness (QED) is 0.892. The van der Waals surface area contributed by atoms with E-state index >= 15 is 0 Å². The third-order valence-corrected chi connectivity index (χ3v) is 4.87. The predicted molar refractivity (Wildman–Crippen MR) is 90.1 cm³/mol. The second-order valence-electron chi connectivity index (χ2n) is 5.64. The molecule has 3 rings (SSSR count). The van der Waals surface area contributed by atoms with Crippen molar-refractivity contribution >= 4 is 28.3 Å². The first-order valence-corrected chi connectivity index (χ1v) is 8.62. The molecule has 3 nitrogen and oxygen atoms in total. The van der Waals surface area contributed by atoms with Gasteiger partial charge in [-0.3, -0.25) is 4.99 Å². The highest BCUT2D eigenvalue weighted by Gasteiger charge is 2.13. The van der Waals surface area contributed by atoms with Crippen LogP contribution in [0.1, 0.15) is 32.6 Å². The highest BCUT2D eigenvalue weighted by Crippen LogP contribution is 2.23. The average molecular weight is 289 g/mol. The lowest BCUT2D eigenvalue weighted by atomic mass is 10.1. The van der Waals surface area contributed by atoms with Crippen molar-refractivity contribution in [1.29, 1.82) is 0 Å². The zero-order chi connectivity index (χ0) is 13.8. The summed E-state index contributed by atoms with van der Waals surface area (Å²) in [4.78, 5) is 7.14. The van der Waals surface area contributed by atoms with Crippen molar-refractivity contribution < 1.29 is 0 Å². The number of amidine groups is 1. The number of anilines is 2. The SMILES string of the molecule is CC1CCSC(Nc2ccc(N3CCCCC3)cc2)=N1. The van der Waals surface area contributed by atoms with Crippen LogP contribution in [0.5, 0.6) is 0 Å². The number of hydrogen-bond donors (Lipinski definition) is 1. The summed E-state index contributed by atoms with van der Waals surface area (Å²) in [5, 5.41) is 4.50. The van der Waals surface area contributed by atoms with Crippen molar-refractivity contribution in [2.75, 3.05) is 29.1 Å². The fourth-order valence-corrected chi connectivity index (χ4v) is 3.82. The normalized spacial score (nSPS) is 23.4. The molecule has 1 aromatic rings. The molecule has 2 heterocycles. The molecule has 0 aromatic heterocycles. The Balaban J connectivity index is 1.63. The van der Waals surface area contributed by atoms with E-state index in [-0.39, 0.29) is 0 Å². The molecule has 1 aromatic carbocycles. The van der Waals surface area contributed by atoms with Gasteiger partial charge in [0.2, 0.25) is 0 Å². The minimum atomic E-state index is 0.450. The summed E-state index contributed by atoms with van der Waals surface area (Å²) in [7, 11) is 0. The molecule has 20 heavy (non-hydrogen) atoms. The van der Waals surface area contributed by atoms with E-state index in [0.717, 1.165) is 10.9 Å². The van der Waals surface area contributed by atoms with Gasteiger partial charge in [-0.1, -0.05) is 11.8 Å². The first-order valence-electron chi connectivity index (χ1n) is 7.64. The molecular weight excluding hydrogens is 266 g/mol. The number of nitrogens with one attached hydrogen (secondary N) is 1. The van der Waals surface area contributed by atoms with Crippen LogP contribution in [-0.2, 0) is 0 Å². The average Bonchev–Trinajstić information content (AvgIpc) is 2.49.